The second-order valence-electron chi connectivity index (χ2n) is 4.56. The molecule has 2 rings (SSSR count). The van der Waals surface area contributed by atoms with E-state index < -0.39 is 10.8 Å². The van der Waals surface area contributed by atoms with Crippen LogP contribution >= 0.6 is 0 Å². The molecule has 0 unspecified atom stereocenters. The van der Waals surface area contributed by atoms with Crippen molar-refractivity contribution < 1.29 is 19.2 Å². The first-order valence-electron chi connectivity index (χ1n) is 6.90. The van der Waals surface area contributed by atoms with E-state index in [9.17, 15) is 14.9 Å². The lowest BCUT2D eigenvalue weighted by Crippen LogP contribution is -2.28. The summed E-state index contributed by atoms with van der Waals surface area (Å²) < 4.78 is 10.4. The van der Waals surface area contributed by atoms with E-state index in [2.05, 4.69) is 5.32 Å². The van der Waals surface area contributed by atoms with Crippen molar-refractivity contribution in [3.63, 3.8) is 0 Å². The van der Waals surface area contributed by atoms with Gasteiger partial charge in [0, 0.05) is 6.07 Å². The van der Waals surface area contributed by atoms with Gasteiger partial charge in [0.2, 0.25) is 0 Å². The summed E-state index contributed by atoms with van der Waals surface area (Å²) in [6.07, 6.45) is 0. The van der Waals surface area contributed by atoms with Crippen molar-refractivity contribution in [2.45, 2.75) is 0 Å². The van der Waals surface area contributed by atoms with E-state index in [-0.39, 0.29) is 24.4 Å². The summed E-state index contributed by atoms with van der Waals surface area (Å²) in [4.78, 5) is 22.5. The summed E-state index contributed by atoms with van der Waals surface area (Å²) in [7, 11) is 1.43. The Morgan fingerprint density at radius 2 is 1.91 bits per heavy atom. The van der Waals surface area contributed by atoms with Crippen LogP contribution in [0, 0.1) is 10.1 Å². The molecule has 0 aliphatic carbocycles. The van der Waals surface area contributed by atoms with Gasteiger partial charge in [0.15, 0.2) is 0 Å². The molecule has 0 saturated heterocycles. The van der Waals surface area contributed by atoms with Crippen LogP contribution < -0.4 is 14.8 Å². The summed E-state index contributed by atoms with van der Waals surface area (Å²) in [6.45, 7) is 0.482. The predicted octanol–water partition coefficient (Wildman–Crippen LogP) is 2.41. The zero-order chi connectivity index (χ0) is 16.7. The normalized spacial score (nSPS) is 9.96. The Morgan fingerprint density at radius 1 is 1.17 bits per heavy atom. The summed E-state index contributed by atoms with van der Waals surface area (Å²) in [6, 6.07) is 13.2. The van der Waals surface area contributed by atoms with Gasteiger partial charge in [-0.2, -0.15) is 0 Å². The molecule has 7 nitrogen and oxygen atoms in total. The molecule has 1 amide bonds. The third-order valence-electron chi connectivity index (χ3n) is 3.04. The van der Waals surface area contributed by atoms with Crippen LogP contribution in [0.3, 0.4) is 0 Å². The molecule has 0 bridgehead atoms. The Bertz CT molecular complexity index is 688. The molecule has 0 heterocycles. The van der Waals surface area contributed by atoms with Gasteiger partial charge >= 0.3 is 0 Å². The Labute approximate surface area is 133 Å². The van der Waals surface area contributed by atoms with E-state index >= 15 is 0 Å². The first kappa shape index (κ1) is 16.3. The van der Waals surface area contributed by atoms with E-state index in [1.807, 2.05) is 18.2 Å². The summed E-state index contributed by atoms with van der Waals surface area (Å²) in [5.41, 5.74) is -0.318. The summed E-state index contributed by atoms with van der Waals surface area (Å²) in [5, 5.41) is 13.6. The molecule has 0 radical (unpaired) electrons. The van der Waals surface area contributed by atoms with Crippen molar-refractivity contribution in [2.24, 2.45) is 0 Å². The highest BCUT2D eigenvalue weighted by Crippen LogP contribution is 2.23. The number of hydrogen-bond acceptors (Lipinski definition) is 5. The molecule has 0 aromatic heterocycles. The number of ether oxygens (including phenoxy) is 2. The second-order valence-corrected chi connectivity index (χ2v) is 4.56. The molecule has 120 valence electrons. The highest BCUT2D eigenvalue weighted by Gasteiger charge is 2.20. The van der Waals surface area contributed by atoms with E-state index in [0.29, 0.717) is 11.5 Å². The summed E-state index contributed by atoms with van der Waals surface area (Å²) >= 11 is 0. The molecule has 1 N–H and O–H groups in total. The maximum atomic E-state index is 12.1. The average molecular weight is 316 g/mol. The van der Waals surface area contributed by atoms with E-state index in [1.165, 1.54) is 25.3 Å². The van der Waals surface area contributed by atoms with E-state index in [0.717, 1.165) is 0 Å². The van der Waals surface area contributed by atoms with Crippen LogP contribution in [0.15, 0.2) is 48.5 Å². The van der Waals surface area contributed by atoms with Crippen LogP contribution in [-0.4, -0.2) is 31.1 Å². The monoisotopic (exact) mass is 316 g/mol. The maximum absolute atomic E-state index is 12.1. The van der Waals surface area contributed by atoms with Crippen molar-refractivity contribution >= 4 is 11.6 Å². The topological polar surface area (TPSA) is 90.7 Å². The molecule has 2 aromatic rings. The number of carbonyl (C=O) groups is 1. The molecule has 0 atom stereocenters. The molecule has 0 saturated carbocycles. The lowest BCUT2D eigenvalue weighted by molar-refractivity contribution is -0.385. The van der Waals surface area contributed by atoms with E-state index in [4.69, 9.17) is 9.47 Å². The number of rotatable bonds is 7. The lowest BCUT2D eigenvalue weighted by Gasteiger charge is -2.09. The fourth-order valence-corrected chi connectivity index (χ4v) is 1.93. The fraction of sp³-hybridized carbons (Fsp3) is 0.188. The van der Waals surface area contributed by atoms with Crippen molar-refractivity contribution in [1.29, 1.82) is 0 Å². The molecule has 7 heteroatoms. The Balaban J connectivity index is 1.96. The SMILES string of the molecule is COc1ccc([N+](=O)[O-])c(C(=O)NCCOc2ccccc2)c1. The van der Waals surface area contributed by atoms with Gasteiger partial charge in [-0.25, -0.2) is 0 Å². The van der Waals surface area contributed by atoms with Crippen LogP contribution in [-0.2, 0) is 0 Å². The van der Waals surface area contributed by atoms with Crippen LogP contribution in [0.25, 0.3) is 0 Å². The maximum Gasteiger partial charge on any atom is 0.282 e. The number of benzene rings is 2. The third-order valence-corrected chi connectivity index (χ3v) is 3.04. The average Bonchev–Trinajstić information content (AvgIpc) is 2.58. The van der Waals surface area contributed by atoms with Gasteiger partial charge in [-0.15, -0.1) is 0 Å². The lowest BCUT2D eigenvalue weighted by atomic mass is 10.1. The first-order chi connectivity index (χ1) is 11.1. The Hall–Kier alpha value is -3.09. The van der Waals surface area contributed by atoms with Gasteiger partial charge in [-0.3, -0.25) is 14.9 Å². The number of nitrogens with zero attached hydrogens (tertiary/aromatic N) is 1. The molecule has 23 heavy (non-hydrogen) atoms. The number of nitro benzene ring substituents is 1. The number of nitro groups is 1. The molecule has 0 aliphatic rings. The molecule has 2 aromatic carbocycles. The Kier molecular flexibility index (Phi) is 5.51. The van der Waals surface area contributed by atoms with Gasteiger partial charge in [-0.05, 0) is 24.3 Å². The highest BCUT2D eigenvalue weighted by molar-refractivity contribution is 5.98. The molecule has 0 spiro atoms. The fourth-order valence-electron chi connectivity index (χ4n) is 1.93. The molecule has 0 aliphatic heterocycles. The predicted molar refractivity (Wildman–Crippen MR) is 83.9 cm³/mol. The van der Waals surface area contributed by atoms with Crippen LogP contribution in [0.4, 0.5) is 5.69 Å². The van der Waals surface area contributed by atoms with Crippen molar-refractivity contribution in [3.05, 3.63) is 64.2 Å². The van der Waals surface area contributed by atoms with Crippen LogP contribution in [0.5, 0.6) is 11.5 Å². The Morgan fingerprint density at radius 3 is 2.57 bits per heavy atom. The van der Waals surface area contributed by atoms with Gasteiger partial charge in [0.05, 0.1) is 18.6 Å². The van der Waals surface area contributed by atoms with Crippen LogP contribution in [0.1, 0.15) is 10.4 Å². The number of amides is 1. The van der Waals surface area contributed by atoms with Crippen LogP contribution in [0.2, 0.25) is 0 Å². The number of para-hydroxylation sites is 1. The minimum atomic E-state index is -0.602. The molecule has 0 fully saturated rings. The quantitative estimate of drug-likeness (QED) is 0.481. The van der Waals surface area contributed by atoms with Crippen molar-refractivity contribution in [2.75, 3.05) is 20.3 Å². The smallest absolute Gasteiger partial charge is 0.282 e. The van der Waals surface area contributed by atoms with Gasteiger partial charge in [0.1, 0.15) is 23.7 Å². The summed E-state index contributed by atoms with van der Waals surface area (Å²) in [5.74, 6) is 0.516. The second kappa shape index (κ2) is 7.79. The zero-order valence-electron chi connectivity index (χ0n) is 12.5. The van der Waals surface area contributed by atoms with Gasteiger partial charge < -0.3 is 14.8 Å². The van der Waals surface area contributed by atoms with Gasteiger partial charge in [-0.1, -0.05) is 18.2 Å². The third kappa shape index (κ3) is 4.44. The molecular weight excluding hydrogens is 300 g/mol. The van der Waals surface area contributed by atoms with Crippen molar-refractivity contribution in [1.82, 2.24) is 5.32 Å². The minimum Gasteiger partial charge on any atom is -0.497 e. The van der Waals surface area contributed by atoms with E-state index in [1.54, 1.807) is 12.1 Å². The number of nitrogens with one attached hydrogen (secondary N) is 1. The molecular formula is C16H16N2O5. The first-order valence-corrected chi connectivity index (χ1v) is 6.90. The van der Waals surface area contributed by atoms with Gasteiger partial charge in [0.25, 0.3) is 11.6 Å². The minimum absolute atomic E-state index is 0.0472. The van der Waals surface area contributed by atoms with Crippen molar-refractivity contribution in [3.8, 4) is 11.5 Å². The number of hydrogen-bond donors (Lipinski definition) is 1. The number of carbonyl (C=O) groups excluding carboxylic acids is 1. The number of methoxy groups -OCH3 is 1. The largest absolute Gasteiger partial charge is 0.497 e. The standard InChI is InChI=1S/C16H16N2O5/c1-22-13-7-8-15(18(20)21)14(11-13)16(19)17-9-10-23-12-5-3-2-4-6-12/h2-8,11H,9-10H2,1H3,(H,17,19). The zero-order valence-corrected chi connectivity index (χ0v) is 12.5. The highest BCUT2D eigenvalue weighted by atomic mass is 16.6.